The Balaban J connectivity index is 1.65. The van der Waals surface area contributed by atoms with E-state index in [1.54, 1.807) is 42.5 Å². The first kappa shape index (κ1) is 24.8. The number of pyridine rings is 1. The molecule has 1 aliphatic rings. The fourth-order valence-corrected chi connectivity index (χ4v) is 4.99. The second-order valence-corrected chi connectivity index (χ2v) is 12.1. The monoisotopic (exact) mass is 500 g/mol. The molecular formula is C25H32N4O5S. The van der Waals surface area contributed by atoms with E-state index in [9.17, 15) is 18.0 Å². The molecule has 2 N–H and O–H groups in total. The Morgan fingerprint density at radius 1 is 1.14 bits per heavy atom. The molecule has 1 aromatic carbocycles. The average Bonchev–Trinajstić information content (AvgIpc) is 3.25. The van der Waals surface area contributed by atoms with E-state index in [1.807, 2.05) is 26.8 Å². The molecule has 2 aromatic heterocycles. The smallest absolute Gasteiger partial charge is 0.410 e. The van der Waals surface area contributed by atoms with Gasteiger partial charge in [-0.3, -0.25) is 4.79 Å². The number of fused-ring (bicyclic) bond motifs is 1. The minimum absolute atomic E-state index is 0.0887. The van der Waals surface area contributed by atoms with E-state index in [2.05, 4.69) is 10.3 Å². The number of aryl methyl sites for hydroxylation is 1. The van der Waals surface area contributed by atoms with E-state index < -0.39 is 15.4 Å². The van der Waals surface area contributed by atoms with Crippen LogP contribution in [-0.2, 0) is 21.6 Å². The predicted octanol–water partition coefficient (Wildman–Crippen LogP) is 3.75. The summed E-state index contributed by atoms with van der Waals surface area (Å²) in [4.78, 5) is 29.9. The molecule has 35 heavy (non-hydrogen) atoms. The van der Waals surface area contributed by atoms with Crippen molar-refractivity contribution < 1.29 is 17.9 Å². The summed E-state index contributed by atoms with van der Waals surface area (Å²) in [6.07, 6.45) is 5.75. The molecule has 1 amide bonds. The summed E-state index contributed by atoms with van der Waals surface area (Å²) in [6.45, 7) is 6.67. The van der Waals surface area contributed by atoms with E-state index in [4.69, 9.17) is 4.74 Å². The van der Waals surface area contributed by atoms with Crippen LogP contribution in [0.3, 0.4) is 0 Å². The fourth-order valence-electron chi connectivity index (χ4n) is 4.34. The van der Waals surface area contributed by atoms with E-state index in [1.165, 1.54) is 10.8 Å². The van der Waals surface area contributed by atoms with Crippen LogP contribution in [0.1, 0.15) is 33.6 Å². The maximum absolute atomic E-state index is 12.6. The molecule has 1 fully saturated rings. The van der Waals surface area contributed by atoms with E-state index in [-0.39, 0.29) is 22.6 Å². The Morgan fingerprint density at radius 3 is 2.46 bits per heavy atom. The van der Waals surface area contributed by atoms with Gasteiger partial charge in [0.25, 0.3) is 5.56 Å². The molecule has 10 heteroatoms. The van der Waals surface area contributed by atoms with Gasteiger partial charge in [-0.05, 0) is 57.9 Å². The maximum atomic E-state index is 12.6. The van der Waals surface area contributed by atoms with Crippen molar-refractivity contribution in [1.29, 1.82) is 0 Å². The number of aromatic nitrogens is 2. The normalized spacial score (nSPS) is 15.4. The molecule has 188 valence electrons. The lowest BCUT2D eigenvalue weighted by Gasteiger charge is -2.34. The zero-order chi connectivity index (χ0) is 25.5. The number of nitrogens with zero attached hydrogens (tertiary/aromatic N) is 2. The number of carbonyl (C=O) groups excluding carboxylic acids is 1. The molecule has 3 heterocycles. The summed E-state index contributed by atoms with van der Waals surface area (Å²) in [5, 5.41) is 4.28. The van der Waals surface area contributed by atoms with Crippen LogP contribution in [0.25, 0.3) is 22.0 Å². The van der Waals surface area contributed by atoms with Gasteiger partial charge in [-0.15, -0.1) is 0 Å². The minimum atomic E-state index is -3.44. The highest BCUT2D eigenvalue weighted by Gasteiger charge is 2.27. The van der Waals surface area contributed by atoms with Crippen molar-refractivity contribution in [3.05, 3.63) is 47.0 Å². The summed E-state index contributed by atoms with van der Waals surface area (Å²) >= 11 is 0. The van der Waals surface area contributed by atoms with Crippen LogP contribution in [0, 0.1) is 0 Å². The molecule has 0 unspecified atom stereocenters. The first-order valence-electron chi connectivity index (χ1n) is 11.6. The minimum Gasteiger partial charge on any atom is -0.444 e. The topological polar surface area (TPSA) is 114 Å². The number of aromatic amines is 1. The third-order valence-electron chi connectivity index (χ3n) is 6.11. The SMILES string of the molecule is Cn1cc(-c2cc(S(C)(=O)=O)ccc2NC2CCN(C(=O)OC(C)(C)C)CC2)c2cc[nH]c2c1=O. The number of H-pyrrole nitrogens is 1. The fraction of sp³-hybridized carbons (Fsp3) is 0.440. The van der Waals surface area contributed by atoms with Gasteiger partial charge >= 0.3 is 6.09 Å². The van der Waals surface area contributed by atoms with Crippen LogP contribution < -0.4 is 10.9 Å². The number of anilines is 1. The van der Waals surface area contributed by atoms with Crippen molar-refractivity contribution in [2.45, 2.75) is 50.2 Å². The molecule has 0 aliphatic carbocycles. The van der Waals surface area contributed by atoms with Crippen molar-refractivity contribution in [2.75, 3.05) is 24.7 Å². The standard InChI is InChI=1S/C25H32N4O5S/c1-25(2,3)34-24(31)29-12-9-16(10-13-29)27-21-7-6-17(35(5,32)33)14-19(21)20-15-28(4)23(30)22-18(20)8-11-26-22/h6-8,11,14-16,26-27H,9-10,12-13H2,1-5H3. The number of sulfone groups is 1. The zero-order valence-corrected chi connectivity index (χ0v) is 21.5. The first-order valence-corrected chi connectivity index (χ1v) is 13.5. The molecule has 0 saturated carbocycles. The van der Waals surface area contributed by atoms with Gasteiger partial charge in [0.1, 0.15) is 11.1 Å². The van der Waals surface area contributed by atoms with Crippen molar-refractivity contribution in [3.63, 3.8) is 0 Å². The summed E-state index contributed by atoms with van der Waals surface area (Å²) in [7, 11) is -1.76. The van der Waals surface area contributed by atoms with Crippen LogP contribution in [0.15, 0.2) is 46.3 Å². The van der Waals surface area contributed by atoms with Crippen LogP contribution in [-0.4, -0.2) is 60.0 Å². The van der Waals surface area contributed by atoms with Crippen molar-refractivity contribution in [3.8, 4) is 11.1 Å². The van der Waals surface area contributed by atoms with E-state index in [0.717, 1.165) is 29.5 Å². The summed E-state index contributed by atoms with van der Waals surface area (Å²) in [6, 6.07) is 6.93. The molecule has 0 atom stereocenters. The second kappa shape index (κ2) is 9.07. The van der Waals surface area contributed by atoms with E-state index >= 15 is 0 Å². The molecule has 1 saturated heterocycles. The number of likely N-dealkylation sites (tertiary alicyclic amines) is 1. The highest BCUT2D eigenvalue weighted by molar-refractivity contribution is 7.90. The average molecular weight is 501 g/mol. The van der Waals surface area contributed by atoms with Gasteiger partial charge in [-0.2, -0.15) is 0 Å². The number of piperidine rings is 1. The van der Waals surface area contributed by atoms with Crippen LogP contribution >= 0.6 is 0 Å². The number of benzene rings is 1. The highest BCUT2D eigenvalue weighted by Crippen LogP contribution is 2.35. The lowest BCUT2D eigenvalue weighted by molar-refractivity contribution is 0.0210. The number of hydrogen-bond acceptors (Lipinski definition) is 6. The quantitative estimate of drug-likeness (QED) is 0.564. The highest BCUT2D eigenvalue weighted by atomic mass is 32.2. The van der Waals surface area contributed by atoms with Crippen LogP contribution in [0.2, 0.25) is 0 Å². The van der Waals surface area contributed by atoms with Gasteiger partial charge in [0.05, 0.1) is 4.90 Å². The molecule has 4 rings (SSSR count). The first-order chi connectivity index (χ1) is 16.3. The molecule has 9 nitrogen and oxygen atoms in total. The summed E-state index contributed by atoms with van der Waals surface area (Å²) in [5.41, 5.74) is 1.99. The van der Waals surface area contributed by atoms with Crippen molar-refractivity contribution in [2.24, 2.45) is 7.05 Å². The Kier molecular flexibility index (Phi) is 6.44. The lowest BCUT2D eigenvalue weighted by Crippen LogP contribution is -2.44. The number of nitrogens with one attached hydrogen (secondary N) is 2. The number of amides is 1. The van der Waals surface area contributed by atoms with Gasteiger partial charge in [0, 0.05) is 67.0 Å². The van der Waals surface area contributed by atoms with Gasteiger partial charge in [-0.25, -0.2) is 13.2 Å². The third kappa shape index (κ3) is 5.37. The Hall–Kier alpha value is -3.27. The van der Waals surface area contributed by atoms with Crippen molar-refractivity contribution in [1.82, 2.24) is 14.5 Å². The molecule has 0 spiro atoms. The molecule has 3 aromatic rings. The maximum Gasteiger partial charge on any atom is 0.410 e. The number of carbonyl (C=O) groups is 1. The summed E-state index contributed by atoms with van der Waals surface area (Å²) < 4.78 is 31.6. The Labute approximate surface area is 205 Å². The van der Waals surface area contributed by atoms with Crippen LogP contribution in [0.4, 0.5) is 10.5 Å². The Bertz CT molecular complexity index is 1420. The van der Waals surface area contributed by atoms with Crippen LogP contribution in [0.5, 0.6) is 0 Å². The predicted molar refractivity (Wildman–Crippen MR) is 137 cm³/mol. The third-order valence-corrected chi connectivity index (χ3v) is 7.22. The van der Waals surface area contributed by atoms with Gasteiger partial charge in [0.2, 0.25) is 0 Å². The Morgan fingerprint density at radius 2 is 1.83 bits per heavy atom. The van der Waals surface area contributed by atoms with E-state index in [0.29, 0.717) is 24.2 Å². The molecule has 1 aliphatic heterocycles. The molecule has 0 bridgehead atoms. The number of hydrogen-bond donors (Lipinski definition) is 2. The van der Waals surface area contributed by atoms with Gasteiger partial charge < -0.3 is 24.5 Å². The lowest BCUT2D eigenvalue weighted by atomic mass is 9.99. The summed E-state index contributed by atoms with van der Waals surface area (Å²) in [5.74, 6) is 0. The largest absolute Gasteiger partial charge is 0.444 e. The van der Waals surface area contributed by atoms with Gasteiger partial charge in [0.15, 0.2) is 9.84 Å². The van der Waals surface area contributed by atoms with Gasteiger partial charge in [-0.1, -0.05) is 0 Å². The molecule has 0 radical (unpaired) electrons. The zero-order valence-electron chi connectivity index (χ0n) is 20.7. The molecular weight excluding hydrogens is 468 g/mol. The van der Waals surface area contributed by atoms with Crippen molar-refractivity contribution >= 4 is 32.5 Å². The number of ether oxygens (including phenoxy) is 1. The number of rotatable bonds is 4. The second-order valence-electron chi connectivity index (χ2n) is 10.1.